The van der Waals surface area contributed by atoms with Gasteiger partial charge >= 0.3 is 0 Å². The van der Waals surface area contributed by atoms with E-state index in [2.05, 4.69) is 5.10 Å². The number of rotatable bonds is 2. The molecule has 0 aliphatic heterocycles. The molecule has 4 nitrogen and oxygen atoms in total. The summed E-state index contributed by atoms with van der Waals surface area (Å²) in [5.74, 6) is 0.181. The van der Waals surface area contributed by atoms with Crippen molar-refractivity contribution in [1.29, 1.82) is 5.41 Å². The van der Waals surface area contributed by atoms with Gasteiger partial charge in [0.15, 0.2) is 0 Å². The summed E-state index contributed by atoms with van der Waals surface area (Å²) in [6.45, 7) is 2.01. The van der Waals surface area contributed by atoms with Crippen LogP contribution in [0.1, 0.15) is 18.2 Å². The van der Waals surface area contributed by atoms with Gasteiger partial charge in [0, 0.05) is 13.2 Å². The molecule has 0 atom stereocenters. The van der Waals surface area contributed by atoms with E-state index in [0.717, 1.165) is 17.7 Å². The van der Waals surface area contributed by atoms with Gasteiger partial charge in [-0.3, -0.25) is 10.1 Å². The molecule has 0 radical (unpaired) electrons. The highest BCUT2D eigenvalue weighted by Crippen LogP contribution is 2.07. The van der Waals surface area contributed by atoms with Crippen LogP contribution in [0.2, 0.25) is 0 Å². The minimum atomic E-state index is 0.181. The van der Waals surface area contributed by atoms with Crippen molar-refractivity contribution in [3.8, 4) is 0 Å². The van der Waals surface area contributed by atoms with E-state index in [-0.39, 0.29) is 5.90 Å². The number of hydrogen-bond donors (Lipinski definition) is 1. The molecule has 0 aromatic carbocycles. The van der Waals surface area contributed by atoms with Crippen LogP contribution in [-0.2, 0) is 18.2 Å². The van der Waals surface area contributed by atoms with Crippen molar-refractivity contribution in [1.82, 2.24) is 9.78 Å². The molecule has 0 saturated carbocycles. The molecule has 1 N–H and O–H groups in total. The van der Waals surface area contributed by atoms with Crippen LogP contribution in [0.5, 0.6) is 0 Å². The van der Waals surface area contributed by atoms with Crippen molar-refractivity contribution in [3.05, 3.63) is 17.5 Å². The van der Waals surface area contributed by atoms with Gasteiger partial charge in [-0.05, 0) is 6.42 Å². The highest BCUT2D eigenvalue weighted by Gasteiger charge is 2.10. The smallest absolute Gasteiger partial charge is 0.216 e. The first-order chi connectivity index (χ1) is 5.69. The molecule has 66 valence electrons. The maximum atomic E-state index is 7.46. The first-order valence-corrected chi connectivity index (χ1v) is 3.84. The van der Waals surface area contributed by atoms with Crippen LogP contribution < -0.4 is 0 Å². The molecule has 0 aliphatic carbocycles. The first kappa shape index (κ1) is 8.77. The fourth-order valence-electron chi connectivity index (χ4n) is 1.10. The van der Waals surface area contributed by atoms with Crippen LogP contribution in [0.15, 0.2) is 6.20 Å². The van der Waals surface area contributed by atoms with Gasteiger partial charge in [-0.25, -0.2) is 0 Å². The van der Waals surface area contributed by atoms with Gasteiger partial charge in [-0.2, -0.15) is 5.10 Å². The Kier molecular flexibility index (Phi) is 2.47. The summed E-state index contributed by atoms with van der Waals surface area (Å²) in [6.07, 6.45) is 2.62. The maximum Gasteiger partial charge on any atom is 0.216 e. The number of ether oxygens (including phenoxy) is 1. The number of nitrogens with zero attached hydrogens (tertiary/aromatic N) is 2. The second-order valence-electron chi connectivity index (χ2n) is 2.55. The van der Waals surface area contributed by atoms with Crippen molar-refractivity contribution in [3.63, 3.8) is 0 Å². The van der Waals surface area contributed by atoms with Crippen LogP contribution in [0.4, 0.5) is 0 Å². The van der Waals surface area contributed by atoms with Crippen molar-refractivity contribution < 1.29 is 4.74 Å². The molecular weight excluding hydrogens is 154 g/mol. The maximum absolute atomic E-state index is 7.46. The van der Waals surface area contributed by atoms with E-state index in [1.165, 1.54) is 7.11 Å². The van der Waals surface area contributed by atoms with E-state index in [1.807, 2.05) is 14.0 Å². The largest absolute Gasteiger partial charge is 0.481 e. The topological polar surface area (TPSA) is 50.9 Å². The van der Waals surface area contributed by atoms with E-state index < -0.39 is 0 Å². The number of nitrogens with one attached hydrogen (secondary N) is 1. The van der Waals surface area contributed by atoms with E-state index in [1.54, 1.807) is 10.9 Å². The second kappa shape index (κ2) is 3.38. The Morgan fingerprint density at radius 2 is 2.42 bits per heavy atom. The fourth-order valence-corrected chi connectivity index (χ4v) is 1.10. The lowest BCUT2D eigenvalue weighted by Gasteiger charge is -1.99. The third kappa shape index (κ3) is 1.47. The van der Waals surface area contributed by atoms with Crippen molar-refractivity contribution in [2.24, 2.45) is 7.05 Å². The molecule has 1 rings (SSSR count). The van der Waals surface area contributed by atoms with Gasteiger partial charge < -0.3 is 4.74 Å². The summed E-state index contributed by atoms with van der Waals surface area (Å²) < 4.78 is 6.52. The van der Waals surface area contributed by atoms with Gasteiger partial charge in [0.1, 0.15) is 0 Å². The predicted molar refractivity (Wildman–Crippen MR) is 46.4 cm³/mol. The molecular formula is C8H13N3O. The summed E-state index contributed by atoms with van der Waals surface area (Å²) in [6, 6.07) is 0. The van der Waals surface area contributed by atoms with Gasteiger partial charge in [-0.15, -0.1) is 0 Å². The average Bonchev–Trinajstić information content (AvgIpc) is 2.45. The second-order valence-corrected chi connectivity index (χ2v) is 2.55. The Labute approximate surface area is 71.7 Å². The number of hydrogen-bond acceptors (Lipinski definition) is 3. The summed E-state index contributed by atoms with van der Waals surface area (Å²) in [7, 11) is 3.33. The summed E-state index contributed by atoms with van der Waals surface area (Å²) in [5, 5.41) is 11.7. The SMILES string of the molecule is CCc1nn(C)cc1C(=N)OC. The standard InChI is InChI=1S/C8H13N3O/c1-4-7-6(8(9)12-3)5-11(2)10-7/h5,9H,4H2,1-3H3. The van der Waals surface area contributed by atoms with Crippen LogP contribution in [0, 0.1) is 5.41 Å². The van der Waals surface area contributed by atoms with Crippen molar-refractivity contribution in [2.75, 3.05) is 7.11 Å². The molecule has 1 aromatic heterocycles. The first-order valence-electron chi connectivity index (χ1n) is 3.84. The summed E-state index contributed by atoms with van der Waals surface area (Å²) in [4.78, 5) is 0. The fraction of sp³-hybridized carbons (Fsp3) is 0.500. The molecule has 0 amide bonds. The Bertz CT molecular complexity index is 290. The lowest BCUT2D eigenvalue weighted by atomic mass is 10.2. The normalized spacial score (nSPS) is 9.92. The molecule has 0 aliphatic rings. The zero-order chi connectivity index (χ0) is 9.14. The molecule has 12 heavy (non-hydrogen) atoms. The lowest BCUT2D eigenvalue weighted by Crippen LogP contribution is -2.02. The molecule has 0 spiro atoms. The van der Waals surface area contributed by atoms with E-state index in [9.17, 15) is 0 Å². The van der Waals surface area contributed by atoms with Crippen LogP contribution >= 0.6 is 0 Å². The Morgan fingerprint density at radius 3 is 2.92 bits per heavy atom. The number of aromatic nitrogens is 2. The number of methoxy groups -OCH3 is 1. The molecule has 0 unspecified atom stereocenters. The summed E-state index contributed by atoms with van der Waals surface area (Å²) >= 11 is 0. The molecule has 1 aromatic rings. The van der Waals surface area contributed by atoms with Gasteiger partial charge in [0.2, 0.25) is 5.90 Å². The van der Waals surface area contributed by atoms with E-state index in [0.29, 0.717) is 0 Å². The average molecular weight is 167 g/mol. The minimum absolute atomic E-state index is 0.181. The molecule has 4 heteroatoms. The molecule has 0 fully saturated rings. The predicted octanol–water partition coefficient (Wildman–Crippen LogP) is 0.954. The van der Waals surface area contributed by atoms with Gasteiger partial charge in [0.25, 0.3) is 0 Å². The molecule has 0 saturated heterocycles. The molecule has 0 bridgehead atoms. The Morgan fingerprint density at radius 1 is 1.75 bits per heavy atom. The van der Waals surface area contributed by atoms with Crippen LogP contribution in [0.25, 0.3) is 0 Å². The van der Waals surface area contributed by atoms with Gasteiger partial charge in [0.05, 0.1) is 18.4 Å². The van der Waals surface area contributed by atoms with E-state index >= 15 is 0 Å². The minimum Gasteiger partial charge on any atom is -0.481 e. The number of aryl methyl sites for hydroxylation is 2. The zero-order valence-electron chi connectivity index (χ0n) is 7.59. The highest BCUT2D eigenvalue weighted by atomic mass is 16.5. The van der Waals surface area contributed by atoms with Crippen molar-refractivity contribution in [2.45, 2.75) is 13.3 Å². The Balaban J connectivity index is 3.04. The van der Waals surface area contributed by atoms with Crippen LogP contribution in [0.3, 0.4) is 0 Å². The van der Waals surface area contributed by atoms with E-state index in [4.69, 9.17) is 10.1 Å². The lowest BCUT2D eigenvalue weighted by molar-refractivity contribution is 0.400. The van der Waals surface area contributed by atoms with Gasteiger partial charge in [-0.1, -0.05) is 6.92 Å². The quantitative estimate of drug-likeness (QED) is 0.526. The highest BCUT2D eigenvalue weighted by molar-refractivity contribution is 5.92. The Hall–Kier alpha value is -1.32. The third-order valence-electron chi connectivity index (χ3n) is 1.69. The third-order valence-corrected chi connectivity index (χ3v) is 1.69. The molecule has 1 heterocycles. The zero-order valence-corrected chi connectivity index (χ0v) is 7.59. The van der Waals surface area contributed by atoms with Crippen molar-refractivity contribution >= 4 is 5.90 Å². The van der Waals surface area contributed by atoms with Crippen LogP contribution in [-0.4, -0.2) is 22.8 Å². The monoisotopic (exact) mass is 167 g/mol. The summed E-state index contributed by atoms with van der Waals surface area (Å²) in [5.41, 5.74) is 1.69.